The molecule has 1 heterocycles. The van der Waals surface area contributed by atoms with E-state index in [9.17, 15) is 4.39 Å². The summed E-state index contributed by atoms with van der Waals surface area (Å²) in [6.45, 7) is 9.04. The van der Waals surface area contributed by atoms with Gasteiger partial charge in [0, 0.05) is 0 Å². The second kappa shape index (κ2) is 6.47. The standard InChI is InChI=1S/C20H23FINO/c1-13-9-14(2)11-15(10-13)16-7-6-8-17(21)18(16)19-23(22-5)20(3,4)12-24-19/h6-11H,12H2,1-5H3. The van der Waals surface area contributed by atoms with Gasteiger partial charge < -0.3 is 0 Å². The van der Waals surface area contributed by atoms with E-state index in [-0.39, 0.29) is 32.8 Å². The van der Waals surface area contributed by atoms with E-state index in [2.05, 4.69) is 53.6 Å². The number of aryl methyl sites for hydroxylation is 2. The SMILES string of the molecule is C[I-][N+]1=C(c2c(F)cccc2-c2cc(C)cc(C)c2)OCC1(C)C. The molecule has 0 saturated carbocycles. The second-order valence-corrected chi connectivity index (χ2v) is 8.82. The molecule has 0 unspecified atom stereocenters. The van der Waals surface area contributed by atoms with Gasteiger partial charge >= 0.3 is 154 Å². The molecule has 128 valence electrons. The third-order valence-electron chi connectivity index (χ3n) is 4.20. The van der Waals surface area contributed by atoms with Gasteiger partial charge in [0.25, 0.3) is 0 Å². The second-order valence-electron chi connectivity index (χ2n) is 6.89. The van der Waals surface area contributed by atoms with Crippen molar-refractivity contribution in [1.29, 1.82) is 0 Å². The molecule has 0 amide bonds. The molecular formula is C20H23FINO. The van der Waals surface area contributed by atoms with Gasteiger partial charge in [-0.1, -0.05) is 0 Å². The summed E-state index contributed by atoms with van der Waals surface area (Å²) in [5.41, 5.74) is 4.80. The van der Waals surface area contributed by atoms with Crippen LogP contribution in [0.5, 0.6) is 0 Å². The Morgan fingerprint density at radius 3 is 2.42 bits per heavy atom. The Bertz CT molecular complexity index is 806. The Labute approximate surface area is 154 Å². The van der Waals surface area contributed by atoms with Crippen molar-refractivity contribution < 1.29 is 33.4 Å². The minimum atomic E-state index is -0.256. The zero-order valence-electron chi connectivity index (χ0n) is 14.8. The molecule has 2 nitrogen and oxygen atoms in total. The van der Waals surface area contributed by atoms with Crippen LogP contribution in [0.1, 0.15) is 30.5 Å². The van der Waals surface area contributed by atoms with Crippen LogP contribution in [0.3, 0.4) is 0 Å². The van der Waals surface area contributed by atoms with Crippen LogP contribution in [0.2, 0.25) is 0 Å². The normalized spacial score (nSPS) is 16.6. The molecule has 1 aliphatic heterocycles. The van der Waals surface area contributed by atoms with E-state index in [0.29, 0.717) is 18.1 Å². The van der Waals surface area contributed by atoms with Crippen molar-refractivity contribution in [1.82, 2.24) is 0 Å². The van der Waals surface area contributed by atoms with Crippen LogP contribution < -0.4 is 21.5 Å². The van der Waals surface area contributed by atoms with Crippen molar-refractivity contribution in [2.24, 2.45) is 0 Å². The van der Waals surface area contributed by atoms with Crippen molar-refractivity contribution in [3.05, 3.63) is 58.9 Å². The summed E-state index contributed by atoms with van der Waals surface area (Å²) < 4.78 is 23.1. The fraction of sp³-hybridized carbons (Fsp3) is 0.350. The van der Waals surface area contributed by atoms with Crippen LogP contribution in [-0.2, 0) is 4.74 Å². The predicted octanol–water partition coefficient (Wildman–Crippen LogP) is 1.31. The summed E-state index contributed by atoms with van der Waals surface area (Å²) in [5, 5.41) is 0. The number of nitrogens with zero attached hydrogens (tertiary/aromatic N) is 1. The van der Waals surface area contributed by atoms with Crippen molar-refractivity contribution in [2.75, 3.05) is 11.5 Å². The van der Waals surface area contributed by atoms with Crippen LogP contribution >= 0.6 is 0 Å². The zero-order valence-corrected chi connectivity index (χ0v) is 16.9. The third-order valence-corrected chi connectivity index (χ3v) is 6.91. The van der Waals surface area contributed by atoms with E-state index in [4.69, 9.17) is 4.74 Å². The monoisotopic (exact) mass is 439 g/mol. The van der Waals surface area contributed by atoms with Crippen LogP contribution in [0.4, 0.5) is 4.39 Å². The van der Waals surface area contributed by atoms with Crippen LogP contribution in [0.25, 0.3) is 11.1 Å². The summed E-state index contributed by atoms with van der Waals surface area (Å²) >= 11 is -0.256. The maximum absolute atomic E-state index is 14.8. The fourth-order valence-corrected chi connectivity index (χ4v) is 5.49. The van der Waals surface area contributed by atoms with E-state index in [1.807, 2.05) is 6.07 Å². The van der Waals surface area contributed by atoms with Gasteiger partial charge in [-0.25, -0.2) is 0 Å². The van der Waals surface area contributed by atoms with Gasteiger partial charge in [0.05, 0.1) is 0 Å². The number of benzene rings is 2. The first kappa shape index (κ1) is 17.4. The molecule has 0 N–H and O–H groups in total. The Morgan fingerprint density at radius 1 is 1.12 bits per heavy atom. The molecule has 0 spiro atoms. The van der Waals surface area contributed by atoms with Crippen LogP contribution in [0, 0.1) is 19.7 Å². The molecule has 0 radical (unpaired) electrons. The molecule has 0 bridgehead atoms. The number of hydrogen-bond donors (Lipinski definition) is 0. The molecule has 0 atom stereocenters. The molecule has 0 aliphatic carbocycles. The molecule has 0 fully saturated rings. The van der Waals surface area contributed by atoms with Gasteiger partial charge in [-0.05, 0) is 0 Å². The quantitative estimate of drug-likeness (QED) is 0.399. The Morgan fingerprint density at radius 2 is 1.79 bits per heavy atom. The average Bonchev–Trinajstić information content (AvgIpc) is 2.80. The number of rotatable bonds is 3. The van der Waals surface area contributed by atoms with Gasteiger partial charge in [0.1, 0.15) is 0 Å². The number of ether oxygens (including phenoxy) is 1. The van der Waals surface area contributed by atoms with Crippen molar-refractivity contribution in [3.63, 3.8) is 0 Å². The summed E-state index contributed by atoms with van der Waals surface area (Å²) in [6.07, 6.45) is 0. The molecular weight excluding hydrogens is 416 g/mol. The summed E-state index contributed by atoms with van der Waals surface area (Å²) in [7, 11) is 0. The van der Waals surface area contributed by atoms with Gasteiger partial charge in [0.2, 0.25) is 0 Å². The maximum atomic E-state index is 14.8. The first-order valence-electron chi connectivity index (χ1n) is 8.01. The summed E-state index contributed by atoms with van der Waals surface area (Å²) in [6, 6.07) is 11.6. The van der Waals surface area contributed by atoms with Crippen molar-refractivity contribution >= 4 is 5.90 Å². The Balaban J connectivity index is 2.27. The summed E-state index contributed by atoms with van der Waals surface area (Å²) in [5.74, 6) is 0.476. The van der Waals surface area contributed by atoms with E-state index in [1.165, 1.54) is 17.2 Å². The number of hydrogen-bond acceptors (Lipinski definition) is 1. The van der Waals surface area contributed by atoms with Gasteiger partial charge in [-0.3, -0.25) is 0 Å². The first-order valence-corrected chi connectivity index (χ1v) is 11.1. The molecule has 0 saturated heterocycles. The Kier molecular flexibility index (Phi) is 4.69. The minimum absolute atomic E-state index is 0.0839. The molecule has 2 aromatic carbocycles. The van der Waals surface area contributed by atoms with Crippen LogP contribution in [0.15, 0.2) is 36.4 Å². The molecule has 1 aliphatic rings. The molecule has 4 heteroatoms. The summed E-state index contributed by atoms with van der Waals surface area (Å²) in [4.78, 5) is 2.19. The van der Waals surface area contributed by atoms with Crippen molar-refractivity contribution in [2.45, 2.75) is 33.2 Å². The molecule has 2 aromatic rings. The molecule has 24 heavy (non-hydrogen) atoms. The predicted molar refractivity (Wildman–Crippen MR) is 91.6 cm³/mol. The van der Waals surface area contributed by atoms with Gasteiger partial charge in [0.15, 0.2) is 0 Å². The van der Waals surface area contributed by atoms with Gasteiger partial charge in [-0.2, -0.15) is 0 Å². The zero-order chi connectivity index (χ0) is 17.5. The number of halogens is 2. The van der Waals surface area contributed by atoms with Gasteiger partial charge in [-0.15, -0.1) is 0 Å². The average molecular weight is 439 g/mol. The first-order chi connectivity index (χ1) is 11.3. The van der Waals surface area contributed by atoms with Crippen LogP contribution in [-0.4, -0.2) is 25.8 Å². The topological polar surface area (TPSA) is 12.2 Å². The molecule has 3 rings (SSSR count). The van der Waals surface area contributed by atoms with E-state index < -0.39 is 0 Å². The Hall–Kier alpha value is -1.43. The third kappa shape index (κ3) is 3.08. The molecule has 0 aromatic heterocycles. The van der Waals surface area contributed by atoms with E-state index >= 15 is 0 Å². The number of alkyl halides is 1. The van der Waals surface area contributed by atoms with Crippen molar-refractivity contribution in [3.8, 4) is 11.1 Å². The van der Waals surface area contributed by atoms with E-state index in [0.717, 1.165) is 11.1 Å². The van der Waals surface area contributed by atoms with E-state index in [1.54, 1.807) is 6.07 Å². The fourth-order valence-electron chi connectivity index (χ4n) is 3.22.